The van der Waals surface area contributed by atoms with Gasteiger partial charge in [-0.25, -0.2) is 14.4 Å². The molecule has 0 unspecified atom stereocenters. The number of H-pyrrole nitrogens is 1. The van der Waals surface area contributed by atoms with Gasteiger partial charge in [-0.1, -0.05) is 0 Å². The van der Waals surface area contributed by atoms with Crippen LogP contribution < -0.4 is 5.73 Å². The number of nitrogen functional groups attached to an aromatic ring is 1. The molecule has 0 spiro atoms. The van der Waals surface area contributed by atoms with E-state index in [1.165, 1.54) is 17.1 Å². The maximum atomic E-state index is 14.5. The van der Waals surface area contributed by atoms with Crippen LogP contribution >= 0.6 is 0 Å². The Morgan fingerprint density at radius 3 is 2.92 bits per heavy atom. The van der Waals surface area contributed by atoms with Crippen molar-refractivity contribution in [2.24, 2.45) is 0 Å². The second-order valence-electron chi connectivity index (χ2n) is 5.45. The van der Waals surface area contributed by atoms with Gasteiger partial charge in [0.05, 0.1) is 18.2 Å². The first kappa shape index (κ1) is 14.9. The van der Waals surface area contributed by atoms with E-state index in [9.17, 15) is 14.6 Å². The van der Waals surface area contributed by atoms with E-state index in [4.69, 9.17) is 10.5 Å². The van der Waals surface area contributed by atoms with Crippen molar-refractivity contribution in [3.8, 4) is 11.3 Å². The number of aliphatic hydroxyl groups is 2. The second-order valence-corrected chi connectivity index (χ2v) is 5.45. The van der Waals surface area contributed by atoms with Crippen LogP contribution in [0.4, 0.5) is 10.2 Å². The van der Waals surface area contributed by atoms with Crippen molar-refractivity contribution in [3.05, 3.63) is 18.7 Å². The summed E-state index contributed by atoms with van der Waals surface area (Å²) in [6, 6.07) is 0. The number of nitrogens with zero attached hydrogens (tertiary/aromatic N) is 5. The van der Waals surface area contributed by atoms with Gasteiger partial charge in [0.1, 0.15) is 35.7 Å². The SMILES string of the molecule is Nc1ncnc2c1c(-c1cn[nH]n1)cn2[C@@H]1O[C@H](CO)[C@@H](O)[C@@H]1F. The summed E-state index contributed by atoms with van der Waals surface area (Å²) in [5, 5.41) is 29.8. The van der Waals surface area contributed by atoms with Gasteiger partial charge in [0.15, 0.2) is 12.4 Å². The zero-order valence-corrected chi connectivity index (χ0v) is 12.2. The fourth-order valence-corrected chi connectivity index (χ4v) is 2.91. The lowest BCUT2D eigenvalue weighted by atomic mass is 10.1. The molecule has 0 saturated carbocycles. The lowest BCUT2D eigenvalue weighted by Gasteiger charge is -2.15. The number of fused-ring (bicyclic) bond motifs is 1. The minimum atomic E-state index is -1.74. The van der Waals surface area contributed by atoms with E-state index >= 15 is 0 Å². The Labute approximate surface area is 134 Å². The van der Waals surface area contributed by atoms with Crippen molar-refractivity contribution in [2.45, 2.75) is 24.6 Å². The van der Waals surface area contributed by atoms with Crippen molar-refractivity contribution in [1.82, 2.24) is 29.9 Å². The molecule has 1 aliphatic heterocycles. The molecule has 3 aromatic heterocycles. The number of aromatic amines is 1. The zero-order chi connectivity index (χ0) is 16.8. The number of aromatic nitrogens is 6. The zero-order valence-electron chi connectivity index (χ0n) is 12.2. The number of halogens is 1. The third-order valence-corrected chi connectivity index (χ3v) is 4.08. The molecule has 1 aliphatic rings. The van der Waals surface area contributed by atoms with Crippen LogP contribution in [0.2, 0.25) is 0 Å². The van der Waals surface area contributed by atoms with Crippen LogP contribution in [0.25, 0.3) is 22.3 Å². The van der Waals surface area contributed by atoms with E-state index in [1.54, 1.807) is 6.20 Å². The number of aliphatic hydroxyl groups excluding tert-OH is 2. The van der Waals surface area contributed by atoms with Crippen LogP contribution in [0, 0.1) is 0 Å². The molecule has 4 rings (SSSR count). The third-order valence-electron chi connectivity index (χ3n) is 4.08. The average molecular weight is 335 g/mol. The van der Waals surface area contributed by atoms with Crippen LogP contribution in [0.5, 0.6) is 0 Å². The highest BCUT2D eigenvalue weighted by atomic mass is 19.1. The molecule has 1 saturated heterocycles. The van der Waals surface area contributed by atoms with Gasteiger partial charge in [0, 0.05) is 11.8 Å². The summed E-state index contributed by atoms with van der Waals surface area (Å²) in [5.41, 5.74) is 7.31. The predicted octanol–water partition coefficient (Wildman–Crippen LogP) is -0.613. The number of hydrogen-bond acceptors (Lipinski definition) is 8. The summed E-state index contributed by atoms with van der Waals surface area (Å²) in [5.74, 6) is 0.199. The van der Waals surface area contributed by atoms with E-state index in [1.807, 2.05) is 0 Å². The molecule has 4 heterocycles. The summed E-state index contributed by atoms with van der Waals surface area (Å²) >= 11 is 0. The topological polar surface area (TPSA) is 148 Å². The Hall–Kier alpha value is -2.63. The first-order valence-electron chi connectivity index (χ1n) is 7.17. The van der Waals surface area contributed by atoms with Crippen molar-refractivity contribution in [2.75, 3.05) is 12.3 Å². The number of hydrogen-bond donors (Lipinski definition) is 4. The van der Waals surface area contributed by atoms with Crippen molar-refractivity contribution in [3.63, 3.8) is 0 Å². The van der Waals surface area contributed by atoms with E-state index in [-0.39, 0.29) is 5.82 Å². The normalized spacial score (nSPS) is 27.1. The van der Waals surface area contributed by atoms with Gasteiger partial charge in [-0.3, -0.25) is 0 Å². The Kier molecular flexibility index (Phi) is 3.40. The summed E-state index contributed by atoms with van der Waals surface area (Å²) in [6.45, 7) is -0.495. The molecule has 0 bridgehead atoms. The Balaban J connectivity index is 1.90. The molecule has 11 heteroatoms. The smallest absolute Gasteiger partial charge is 0.173 e. The molecule has 0 radical (unpaired) electrons. The van der Waals surface area contributed by atoms with Gasteiger partial charge in [-0.05, 0) is 0 Å². The molecule has 3 aromatic rings. The predicted molar refractivity (Wildman–Crippen MR) is 79.2 cm³/mol. The van der Waals surface area contributed by atoms with Gasteiger partial charge >= 0.3 is 0 Å². The number of anilines is 1. The Morgan fingerprint density at radius 1 is 1.42 bits per heavy atom. The molecule has 10 nitrogen and oxygen atoms in total. The van der Waals surface area contributed by atoms with E-state index in [0.29, 0.717) is 22.3 Å². The minimum absolute atomic E-state index is 0.199. The van der Waals surface area contributed by atoms with Crippen LogP contribution in [0.3, 0.4) is 0 Å². The third kappa shape index (κ3) is 2.06. The van der Waals surface area contributed by atoms with Gasteiger partial charge in [-0.2, -0.15) is 15.4 Å². The Bertz CT molecular complexity index is 868. The van der Waals surface area contributed by atoms with Crippen molar-refractivity contribution in [1.29, 1.82) is 0 Å². The quantitative estimate of drug-likeness (QED) is 0.495. The van der Waals surface area contributed by atoms with Crippen molar-refractivity contribution < 1.29 is 19.3 Å². The molecule has 24 heavy (non-hydrogen) atoms. The highest BCUT2D eigenvalue weighted by Crippen LogP contribution is 2.38. The van der Waals surface area contributed by atoms with Gasteiger partial charge in [0.25, 0.3) is 0 Å². The van der Waals surface area contributed by atoms with Gasteiger partial charge < -0.3 is 25.3 Å². The summed E-state index contributed by atoms with van der Waals surface area (Å²) in [4.78, 5) is 8.10. The fourth-order valence-electron chi connectivity index (χ4n) is 2.91. The highest BCUT2D eigenvalue weighted by Gasteiger charge is 2.45. The molecule has 5 N–H and O–H groups in total. The monoisotopic (exact) mass is 335 g/mol. The lowest BCUT2D eigenvalue weighted by Crippen LogP contribution is -2.30. The maximum Gasteiger partial charge on any atom is 0.173 e. The molecule has 4 atom stereocenters. The number of alkyl halides is 1. The number of nitrogens with two attached hydrogens (primary N) is 1. The molecular weight excluding hydrogens is 321 g/mol. The molecular formula is C13H14FN7O3. The van der Waals surface area contributed by atoms with Gasteiger partial charge in [-0.15, -0.1) is 0 Å². The summed E-state index contributed by atoms with van der Waals surface area (Å²) in [6.07, 6.45) is -1.04. The lowest BCUT2D eigenvalue weighted by molar-refractivity contribution is -0.0457. The van der Waals surface area contributed by atoms with E-state index < -0.39 is 31.2 Å². The van der Waals surface area contributed by atoms with E-state index in [2.05, 4.69) is 25.4 Å². The van der Waals surface area contributed by atoms with Crippen LogP contribution in [0.15, 0.2) is 18.7 Å². The number of nitrogens with one attached hydrogen (secondary N) is 1. The molecule has 0 amide bonds. The maximum absolute atomic E-state index is 14.5. The summed E-state index contributed by atoms with van der Waals surface area (Å²) in [7, 11) is 0. The summed E-state index contributed by atoms with van der Waals surface area (Å²) < 4.78 is 21.3. The van der Waals surface area contributed by atoms with Crippen LogP contribution in [-0.2, 0) is 4.74 Å². The molecule has 1 fully saturated rings. The molecule has 126 valence electrons. The molecule has 0 aromatic carbocycles. The van der Waals surface area contributed by atoms with E-state index in [0.717, 1.165) is 0 Å². The standard InChI is InChI=1S/C13H14FN7O3/c14-9-10(23)7(3-22)24-13(9)21-2-5(6-1-18-20-19-6)8-11(15)16-4-17-12(8)21/h1-2,4,7,9-10,13,22-23H,3H2,(H2,15,16,17)(H,18,19,20)/t7-,9+,10-,13-/m1/s1. The first-order chi connectivity index (χ1) is 11.6. The minimum Gasteiger partial charge on any atom is -0.394 e. The van der Waals surface area contributed by atoms with Crippen molar-refractivity contribution >= 4 is 16.9 Å². The van der Waals surface area contributed by atoms with Gasteiger partial charge in [0.2, 0.25) is 0 Å². The highest BCUT2D eigenvalue weighted by molar-refractivity contribution is 5.99. The van der Waals surface area contributed by atoms with Crippen LogP contribution in [0.1, 0.15) is 6.23 Å². The first-order valence-corrected chi connectivity index (χ1v) is 7.17. The second kappa shape index (κ2) is 5.47. The average Bonchev–Trinajstić information content (AvgIpc) is 3.28. The Morgan fingerprint density at radius 2 is 2.25 bits per heavy atom. The number of ether oxygens (including phenoxy) is 1. The number of rotatable bonds is 3. The largest absolute Gasteiger partial charge is 0.394 e. The fraction of sp³-hybridized carbons (Fsp3) is 0.385. The molecule has 0 aliphatic carbocycles. The van der Waals surface area contributed by atoms with Crippen LogP contribution in [-0.4, -0.2) is 65.1 Å².